The van der Waals surface area contributed by atoms with Gasteiger partial charge >= 0.3 is 5.97 Å². The number of rotatable bonds is 6. The van der Waals surface area contributed by atoms with Gasteiger partial charge in [-0.2, -0.15) is 0 Å². The number of ether oxygens (including phenoxy) is 2. The first-order valence-corrected chi connectivity index (χ1v) is 10.5. The molecule has 2 unspecified atom stereocenters. The van der Waals surface area contributed by atoms with Crippen molar-refractivity contribution in [1.82, 2.24) is 0 Å². The molecule has 1 aliphatic rings. The van der Waals surface area contributed by atoms with Crippen LogP contribution in [0, 0.1) is 5.92 Å². The number of sulfone groups is 1. The highest BCUT2D eigenvalue weighted by atomic mass is 32.2. The lowest BCUT2D eigenvalue weighted by atomic mass is 9.96. The van der Waals surface area contributed by atoms with Gasteiger partial charge in [0.25, 0.3) is 0 Å². The van der Waals surface area contributed by atoms with Crippen molar-refractivity contribution >= 4 is 21.6 Å². The fraction of sp³-hybridized carbons (Fsp3) is 0.286. The van der Waals surface area contributed by atoms with E-state index in [-0.39, 0.29) is 17.3 Å². The Morgan fingerprint density at radius 2 is 1.63 bits per heavy atom. The average molecular weight is 386 g/mol. The van der Waals surface area contributed by atoms with Gasteiger partial charge in [0.2, 0.25) is 0 Å². The van der Waals surface area contributed by atoms with Crippen LogP contribution < -0.4 is 0 Å². The summed E-state index contributed by atoms with van der Waals surface area (Å²) in [6, 6.07) is 17.5. The zero-order chi connectivity index (χ0) is 19.4. The molecule has 6 heteroatoms. The molecule has 0 aromatic heterocycles. The van der Waals surface area contributed by atoms with E-state index in [1.165, 1.54) is 0 Å². The predicted octanol–water partition coefficient (Wildman–Crippen LogP) is 3.47. The van der Waals surface area contributed by atoms with Crippen molar-refractivity contribution in [2.75, 3.05) is 12.4 Å². The van der Waals surface area contributed by atoms with E-state index in [0.29, 0.717) is 11.3 Å². The lowest BCUT2D eigenvalue weighted by molar-refractivity contribution is -0.139. The molecule has 1 aliphatic heterocycles. The standard InChI is InChI=1S/C21H22O5S/c1-3-25-21(22)19-15(2)18(26-20(19)16-10-6-4-7-11-16)14-27(23,24)17-12-8-5-9-13-17/h4-13,15,18H,3,14H2,1-2H3. The summed E-state index contributed by atoms with van der Waals surface area (Å²) in [5.41, 5.74) is 1.11. The van der Waals surface area contributed by atoms with Crippen LogP contribution in [0.25, 0.3) is 5.76 Å². The number of carbonyl (C=O) groups excluding carboxylic acids is 1. The van der Waals surface area contributed by atoms with Crippen molar-refractivity contribution < 1.29 is 22.7 Å². The van der Waals surface area contributed by atoms with E-state index in [1.54, 1.807) is 44.2 Å². The second-order valence-electron chi connectivity index (χ2n) is 6.37. The second kappa shape index (κ2) is 7.96. The molecule has 0 spiro atoms. The van der Waals surface area contributed by atoms with Gasteiger partial charge < -0.3 is 9.47 Å². The summed E-state index contributed by atoms with van der Waals surface area (Å²) in [5, 5.41) is 0. The van der Waals surface area contributed by atoms with Crippen molar-refractivity contribution in [3.05, 3.63) is 71.8 Å². The van der Waals surface area contributed by atoms with Gasteiger partial charge in [0, 0.05) is 11.5 Å². The van der Waals surface area contributed by atoms with Crippen molar-refractivity contribution in [1.29, 1.82) is 0 Å². The van der Waals surface area contributed by atoms with Gasteiger partial charge in [-0.05, 0) is 19.1 Å². The maximum absolute atomic E-state index is 12.8. The fourth-order valence-corrected chi connectivity index (χ4v) is 4.68. The highest BCUT2D eigenvalue weighted by Crippen LogP contribution is 2.38. The first-order chi connectivity index (χ1) is 12.9. The van der Waals surface area contributed by atoms with Crippen molar-refractivity contribution in [2.45, 2.75) is 24.8 Å². The van der Waals surface area contributed by atoms with Crippen molar-refractivity contribution in [3.8, 4) is 0 Å². The lowest BCUT2D eigenvalue weighted by Crippen LogP contribution is -2.28. The van der Waals surface area contributed by atoms with Gasteiger partial charge in [-0.25, -0.2) is 13.2 Å². The zero-order valence-corrected chi connectivity index (χ0v) is 16.1. The minimum Gasteiger partial charge on any atom is -0.488 e. The van der Waals surface area contributed by atoms with Crippen molar-refractivity contribution in [3.63, 3.8) is 0 Å². The first-order valence-electron chi connectivity index (χ1n) is 8.85. The van der Waals surface area contributed by atoms with Gasteiger partial charge in [-0.3, -0.25) is 0 Å². The zero-order valence-electron chi connectivity index (χ0n) is 15.3. The van der Waals surface area contributed by atoms with Crippen LogP contribution in [0.4, 0.5) is 0 Å². The van der Waals surface area contributed by atoms with E-state index in [1.807, 2.05) is 30.3 Å². The highest BCUT2D eigenvalue weighted by molar-refractivity contribution is 7.91. The molecule has 2 aromatic rings. The predicted molar refractivity (Wildman–Crippen MR) is 103 cm³/mol. The topological polar surface area (TPSA) is 69.7 Å². The fourth-order valence-electron chi connectivity index (χ4n) is 3.13. The summed E-state index contributed by atoms with van der Waals surface area (Å²) in [6.45, 7) is 3.77. The maximum atomic E-state index is 12.8. The third-order valence-corrected chi connectivity index (χ3v) is 6.30. The Morgan fingerprint density at radius 1 is 1.04 bits per heavy atom. The van der Waals surface area contributed by atoms with Crippen LogP contribution in [0.3, 0.4) is 0 Å². The van der Waals surface area contributed by atoms with Gasteiger partial charge in [-0.1, -0.05) is 55.5 Å². The summed E-state index contributed by atoms with van der Waals surface area (Å²) in [7, 11) is -3.55. The van der Waals surface area contributed by atoms with Crippen LogP contribution >= 0.6 is 0 Å². The van der Waals surface area contributed by atoms with Crippen LogP contribution in [0.1, 0.15) is 19.4 Å². The molecular weight excluding hydrogens is 364 g/mol. The van der Waals surface area contributed by atoms with E-state index >= 15 is 0 Å². The van der Waals surface area contributed by atoms with Crippen LogP contribution in [0.2, 0.25) is 0 Å². The molecule has 0 saturated carbocycles. The molecule has 27 heavy (non-hydrogen) atoms. The Labute approximate surface area is 159 Å². The summed E-state index contributed by atoms with van der Waals surface area (Å²) in [5.74, 6) is -0.687. The smallest absolute Gasteiger partial charge is 0.338 e. The van der Waals surface area contributed by atoms with E-state index in [2.05, 4.69) is 0 Å². The van der Waals surface area contributed by atoms with Crippen LogP contribution in [-0.2, 0) is 24.1 Å². The number of carbonyl (C=O) groups is 1. The molecular formula is C21H22O5S. The average Bonchev–Trinajstić information content (AvgIpc) is 2.99. The molecule has 2 aromatic carbocycles. The molecule has 0 aliphatic carbocycles. The third kappa shape index (κ3) is 4.06. The second-order valence-corrected chi connectivity index (χ2v) is 8.40. The molecule has 3 rings (SSSR count). The Kier molecular flexibility index (Phi) is 5.65. The van der Waals surface area contributed by atoms with Gasteiger partial charge in [0.1, 0.15) is 11.9 Å². The lowest BCUT2D eigenvalue weighted by Gasteiger charge is -2.17. The Morgan fingerprint density at radius 3 is 2.22 bits per heavy atom. The summed E-state index contributed by atoms with van der Waals surface area (Å²) >= 11 is 0. The molecule has 5 nitrogen and oxygen atoms in total. The van der Waals surface area contributed by atoms with Gasteiger partial charge in [-0.15, -0.1) is 0 Å². The van der Waals surface area contributed by atoms with E-state index in [9.17, 15) is 13.2 Å². The number of hydrogen-bond donors (Lipinski definition) is 0. The van der Waals surface area contributed by atoms with E-state index < -0.39 is 27.8 Å². The minimum absolute atomic E-state index is 0.211. The SMILES string of the molecule is CCOC(=O)C1=C(c2ccccc2)OC(CS(=O)(=O)c2ccccc2)C1C. The van der Waals surface area contributed by atoms with Crippen molar-refractivity contribution in [2.24, 2.45) is 5.92 Å². The molecule has 0 fully saturated rings. The largest absolute Gasteiger partial charge is 0.488 e. The summed E-state index contributed by atoms with van der Waals surface area (Å²) in [6.07, 6.45) is -0.662. The maximum Gasteiger partial charge on any atom is 0.338 e. The van der Waals surface area contributed by atoms with E-state index in [4.69, 9.17) is 9.47 Å². The molecule has 1 heterocycles. The number of esters is 1. The summed E-state index contributed by atoms with van der Waals surface area (Å²) in [4.78, 5) is 12.8. The van der Waals surface area contributed by atoms with Crippen LogP contribution in [-0.4, -0.2) is 32.9 Å². The monoisotopic (exact) mass is 386 g/mol. The molecule has 0 radical (unpaired) electrons. The Bertz CT molecular complexity index is 933. The summed E-state index contributed by atoms with van der Waals surface area (Å²) < 4.78 is 36.7. The third-order valence-electron chi connectivity index (χ3n) is 4.54. The minimum atomic E-state index is -3.55. The van der Waals surface area contributed by atoms with Gasteiger partial charge in [0.15, 0.2) is 9.84 Å². The quantitative estimate of drug-likeness (QED) is 0.711. The van der Waals surface area contributed by atoms with Gasteiger partial charge in [0.05, 0.1) is 22.8 Å². The Balaban J connectivity index is 1.92. The molecule has 0 amide bonds. The molecule has 142 valence electrons. The van der Waals surface area contributed by atoms with Crippen LogP contribution in [0.15, 0.2) is 71.1 Å². The number of hydrogen-bond acceptors (Lipinski definition) is 5. The van der Waals surface area contributed by atoms with E-state index in [0.717, 1.165) is 5.56 Å². The Hall–Kier alpha value is -2.60. The molecule has 2 atom stereocenters. The molecule has 0 saturated heterocycles. The first kappa shape index (κ1) is 19.2. The molecule has 0 N–H and O–H groups in total. The number of benzene rings is 2. The van der Waals surface area contributed by atoms with Crippen LogP contribution in [0.5, 0.6) is 0 Å². The highest BCUT2D eigenvalue weighted by Gasteiger charge is 2.41. The normalized spacial score (nSPS) is 19.6. The molecule has 0 bridgehead atoms.